The van der Waals surface area contributed by atoms with E-state index in [4.69, 9.17) is 0 Å². The molecule has 0 aliphatic heterocycles. The lowest BCUT2D eigenvalue weighted by molar-refractivity contribution is 0.0676. The summed E-state index contributed by atoms with van der Waals surface area (Å²) in [6.07, 6.45) is 2.50. The fourth-order valence-corrected chi connectivity index (χ4v) is 3.23. The largest absolute Gasteiger partial charge is 0.390 e. The highest BCUT2D eigenvalue weighted by atomic mass is 16.3. The zero-order valence-electron chi connectivity index (χ0n) is 16.7. The molecule has 1 aromatic carbocycles. The van der Waals surface area contributed by atoms with Crippen molar-refractivity contribution in [2.75, 3.05) is 13.6 Å². The number of carbonyl (C=O) groups is 1. The van der Waals surface area contributed by atoms with Gasteiger partial charge >= 0.3 is 6.03 Å². The molecule has 1 unspecified atom stereocenters. The van der Waals surface area contributed by atoms with Gasteiger partial charge < -0.3 is 19.9 Å². The van der Waals surface area contributed by atoms with E-state index >= 15 is 0 Å². The van der Waals surface area contributed by atoms with Gasteiger partial charge in [0.05, 0.1) is 5.60 Å². The van der Waals surface area contributed by atoms with E-state index in [1.165, 1.54) is 16.6 Å². The molecule has 0 aliphatic rings. The summed E-state index contributed by atoms with van der Waals surface area (Å²) < 4.78 is 2.26. The molecule has 2 N–H and O–H groups in total. The van der Waals surface area contributed by atoms with Crippen LogP contribution in [-0.2, 0) is 6.54 Å². The van der Waals surface area contributed by atoms with Gasteiger partial charge in [0.2, 0.25) is 0 Å². The zero-order valence-corrected chi connectivity index (χ0v) is 16.7. The van der Waals surface area contributed by atoms with E-state index in [0.29, 0.717) is 6.54 Å². The Balaban J connectivity index is 1.82. The van der Waals surface area contributed by atoms with Crippen LogP contribution in [0.3, 0.4) is 0 Å². The number of aromatic nitrogens is 1. The molecule has 0 saturated heterocycles. The highest BCUT2D eigenvalue weighted by Gasteiger charge is 2.15. The lowest BCUT2D eigenvalue weighted by Gasteiger charge is -2.23. The Morgan fingerprint density at radius 2 is 2.04 bits per heavy atom. The Hall–Kier alpha value is -2.01. The maximum absolute atomic E-state index is 12.4. The Labute approximate surface area is 157 Å². The fourth-order valence-electron chi connectivity index (χ4n) is 3.23. The first-order valence-electron chi connectivity index (χ1n) is 9.46. The minimum atomic E-state index is -0.641. The standard InChI is InChI=1S/C21H33N3O2/c1-16(9-8-12-21(3,4)26)22-20(25)23(5)13-14-24-17(2)15-18-10-6-7-11-19(18)24/h6-7,10-11,15-16,26H,8-9,12-14H2,1-5H3,(H,22,25). The van der Waals surface area contributed by atoms with E-state index in [2.05, 4.69) is 35.0 Å². The van der Waals surface area contributed by atoms with E-state index < -0.39 is 5.60 Å². The minimum Gasteiger partial charge on any atom is -0.390 e. The highest BCUT2D eigenvalue weighted by Crippen LogP contribution is 2.19. The number of nitrogens with zero attached hydrogens (tertiary/aromatic N) is 2. The quantitative estimate of drug-likeness (QED) is 0.750. The lowest BCUT2D eigenvalue weighted by atomic mass is 10.00. The number of likely N-dealkylation sites (N-methyl/N-ethyl adjacent to an activating group) is 1. The predicted molar refractivity (Wildman–Crippen MR) is 107 cm³/mol. The third-order valence-electron chi connectivity index (χ3n) is 4.82. The van der Waals surface area contributed by atoms with Crippen LogP contribution in [0.1, 0.15) is 45.7 Å². The summed E-state index contributed by atoms with van der Waals surface area (Å²) in [4.78, 5) is 14.1. The van der Waals surface area contributed by atoms with Gasteiger partial charge in [-0.3, -0.25) is 0 Å². The van der Waals surface area contributed by atoms with E-state index in [0.717, 1.165) is 25.8 Å². The number of aliphatic hydroxyl groups is 1. The van der Waals surface area contributed by atoms with Crippen molar-refractivity contribution in [1.29, 1.82) is 0 Å². The van der Waals surface area contributed by atoms with E-state index in [-0.39, 0.29) is 12.1 Å². The molecule has 2 amide bonds. The molecule has 2 aromatic rings. The topological polar surface area (TPSA) is 57.5 Å². The molecule has 0 saturated carbocycles. The van der Waals surface area contributed by atoms with Crippen molar-refractivity contribution in [1.82, 2.24) is 14.8 Å². The molecule has 2 rings (SSSR count). The van der Waals surface area contributed by atoms with Crippen LogP contribution in [0, 0.1) is 6.92 Å². The van der Waals surface area contributed by atoms with Crippen molar-refractivity contribution in [2.45, 2.75) is 65.1 Å². The van der Waals surface area contributed by atoms with Gasteiger partial charge in [-0.05, 0) is 64.5 Å². The van der Waals surface area contributed by atoms with Crippen LogP contribution in [0.4, 0.5) is 4.79 Å². The molecular formula is C21H33N3O2. The minimum absolute atomic E-state index is 0.0464. The first-order valence-corrected chi connectivity index (χ1v) is 9.46. The second-order valence-corrected chi connectivity index (χ2v) is 7.97. The van der Waals surface area contributed by atoms with Crippen LogP contribution in [0.5, 0.6) is 0 Å². The SMILES string of the molecule is Cc1cc2ccccc2n1CCN(C)C(=O)NC(C)CCCC(C)(C)O. The Morgan fingerprint density at radius 3 is 2.73 bits per heavy atom. The molecule has 1 atom stereocenters. The maximum Gasteiger partial charge on any atom is 0.317 e. The zero-order chi connectivity index (χ0) is 19.3. The molecule has 5 heteroatoms. The number of carbonyl (C=O) groups excluding carboxylic acids is 1. The molecule has 0 spiro atoms. The molecule has 0 aliphatic carbocycles. The number of fused-ring (bicyclic) bond motifs is 1. The molecule has 0 bridgehead atoms. The van der Waals surface area contributed by atoms with E-state index in [1.807, 2.05) is 40.0 Å². The summed E-state index contributed by atoms with van der Waals surface area (Å²) in [7, 11) is 1.83. The van der Waals surface area contributed by atoms with Crippen molar-refractivity contribution >= 4 is 16.9 Å². The first kappa shape index (κ1) is 20.3. The van der Waals surface area contributed by atoms with Gasteiger partial charge in [0.15, 0.2) is 0 Å². The van der Waals surface area contributed by atoms with Crippen LogP contribution < -0.4 is 5.32 Å². The summed E-state index contributed by atoms with van der Waals surface area (Å²) >= 11 is 0. The van der Waals surface area contributed by atoms with Gasteiger partial charge in [-0.25, -0.2) is 4.79 Å². The number of amides is 2. The summed E-state index contributed by atoms with van der Waals surface area (Å²) in [6.45, 7) is 9.18. The average molecular weight is 360 g/mol. The van der Waals surface area contributed by atoms with Gasteiger partial charge in [-0.2, -0.15) is 0 Å². The van der Waals surface area contributed by atoms with Gasteiger partial charge in [-0.15, -0.1) is 0 Å². The number of rotatable bonds is 8. The third-order valence-corrected chi connectivity index (χ3v) is 4.82. The first-order chi connectivity index (χ1) is 12.2. The lowest BCUT2D eigenvalue weighted by Crippen LogP contribution is -2.43. The van der Waals surface area contributed by atoms with E-state index in [9.17, 15) is 9.90 Å². The normalized spacial score (nSPS) is 13.0. The second-order valence-electron chi connectivity index (χ2n) is 7.97. The highest BCUT2D eigenvalue weighted by molar-refractivity contribution is 5.81. The fraction of sp³-hybridized carbons (Fsp3) is 0.571. The number of hydrogen-bond donors (Lipinski definition) is 2. The van der Waals surface area contributed by atoms with Crippen LogP contribution in [0.2, 0.25) is 0 Å². The predicted octanol–water partition coefficient (Wildman–Crippen LogP) is 3.92. The summed E-state index contributed by atoms with van der Waals surface area (Å²) in [5.74, 6) is 0. The maximum atomic E-state index is 12.4. The van der Waals surface area contributed by atoms with Crippen molar-refractivity contribution in [3.05, 3.63) is 36.0 Å². The van der Waals surface area contributed by atoms with Gasteiger partial charge in [0.25, 0.3) is 0 Å². The second kappa shape index (κ2) is 8.58. The Morgan fingerprint density at radius 1 is 1.35 bits per heavy atom. The summed E-state index contributed by atoms with van der Waals surface area (Å²) in [5, 5.41) is 14.0. The Kier molecular flexibility index (Phi) is 6.70. The number of nitrogens with one attached hydrogen (secondary N) is 1. The van der Waals surface area contributed by atoms with E-state index in [1.54, 1.807) is 4.90 Å². The molecule has 0 radical (unpaired) electrons. The van der Waals surface area contributed by atoms with Crippen molar-refractivity contribution in [2.24, 2.45) is 0 Å². The number of urea groups is 1. The molecule has 26 heavy (non-hydrogen) atoms. The molecule has 1 heterocycles. The molecule has 1 aromatic heterocycles. The number of hydrogen-bond acceptors (Lipinski definition) is 2. The number of benzene rings is 1. The van der Waals surface area contributed by atoms with Crippen LogP contribution in [0.15, 0.2) is 30.3 Å². The monoisotopic (exact) mass is 359 g/mol. The summed E-state index contributed by atoms with van der Waals surface area (Å²) in [5.41, 5.74) is 1.77. The number of para-hydroxylation sites is 1. The van der Waals surface area contributed by atoms with Crippen LogP contribution in [0.25, 0.3) is 10.9 Å². The molecule has 5 nitrogen and oxygen atoms in total. The molecule has 144 valence electrons. The van der Waals surface area contributed by atoms with Crippen molar-refractivity contribution in [3.8, 4) is 0 Å². The smallest absolute Gasteiger partial charge is 0.317 e. The Bertz CT molecular complexity index is 730. The third kappa shape index (κ3) is 5.77. The molecular weight excluding hydrogens is 326 g/mol. The van der Waals surface area contributed by atoms with Crippen molar-refractivity contribution in [3.63, 3.8) is 0 Å². The van der Waals surface area contributed by atoms with Crippen LogP contribution in [-0.4, -0.2) is 45.8 Å². The summed E-state index contributed by atoms with van der Waals surface area (Å²) in [6, 6.07) is 10.6. The van der Waals surface area contributed by atoms with Gasteiger partial charge in [0, 0.05) is 37.4 Å². The molecule has 0 fully saturated rings. The van der Waals surface area contributed by atoms with Crippen molar-refractivity contribution < 1.29 is 9.90 Å². The average Bonchev–Trinajstić information content (AvgIpc) is 2.86. The number of aryl methyl sites for hydroxylation is 1. The van der Waals surface area contributed by atoms with Gasteiger partial charge in [-0.1, -0.05) is 18.2 Å². The van der Waals surface area contributed by atoms with Gasteiger partial charge in [0.1, 0.15) is 0 Å². The van der Waals surface area contributed by atoms with Crippen LogP contribution >= 0.6 is 0 Å².